The Morgan fingerprint density at radius 2 is 1.64 bits per heavy atom. The number of hydrogen-bond donors (Lipinski definition) is 0. The number of aromatic nitrogens is 1. The van der Waals surface area contributed by atoms with Crippen molar-refractivity contribution in [3.63, 3.8) is 0 Å². The second kappa shape index (κ2) is 6.43. The molecule has 0 radical (unpaired) electrons. The third-order valence-electron chi connectivity index (χ3n) is 5.00. The predicted octanol–water partition coefficient (Wildman–Crippen LogP) is 4.92. The lowest BCUT2D eigenvalue weighted by atomic mass is 10.0. The summed E-state index contributed by atoms with van der Waals surface area (Å²) in [5, 5.41) is 0. The van der Waals surface area contributed by atoms with Gasteiger partial charge in [0.05, 0.1) is 0 Å². The van der Waals surface area contributed by atoms with Crippen LogP contribution in [0.4, 0.5) is 0 Å². The quantitative estimate of drug-likeness (QED) is 0.800. The van der Waals surface area contributed by atoms with E-state index in [0.29, 0.717) is 6.04 Å². The molecule has 2 aliphatic rings. The van der Waals surface area contributed by atoms with Crippen molar-refractivity contribution >= 4 is 11.8 Å². The van der Waals surface area contributed by atoms with Gasteiger partial charge >= 0.3 is 0 Å². The maximum atomic E-state index is 4.07. The molecule has 0 bridgehead atoms. The summed E-state index contributed by atoms with van der Waals surface area (Å²) in [7, 11) is 0. The van der Waals surface area contributed by atoms with E-state index in [1.165, 1.54) is 54.0 Å². The van der Waals surface area contributed by atoms with Gasteiger partial charge in [-0.3, -0.25) is 9.88 Å². The van der Waals surface area contributed by atoms with Gasteiger partial charge in [0.25, 0.3) is 0 Å². The molecule has 3 heterocycles. The zero-order chi connectivity index (χ0) is 14.8. The lowest BCUT2D eigenvalue weighted by Crippen LogP contribution is -2.35. The van der Waals surface area contributed by atoms with E-state index in [9.17, 15) is 0 Å². The highest BCUT2D eigenvalue weighted by Gasteiger charge is 2.35. The van der Waals surface area contributed by atoms with Crippen LogP contribution >= 0.6 is 11.8 Å². The highest BCUT2D eigenvalue weighted by Crippen LogP contribution is 2.40. The molecule has 1 aromatic carbocycles. The highest BCUT2D eigenvalue weighted by atomic mass is 32.2. The number of hydrogen-bond acceptors (Lipinski definition) is 3. The first kappa shape index (κ1) is 14.3. The van der Waals surface area contributed by atoms with Gasteiger partial charge in [0.15, 0.2) is 0 Å². The molecule has 1 aromatic heterocycles. The van der Waals surface area contributed by atoms with Gasteiger partial charge in [-0.15, -0.1) is 0 Å². The molecular weight excluding hydrogens is 288 g/mol. The third-order valence-corrected chi connectivity index (χ3v) is 6.01. The van der Waals surface area contributed by atoms with Crippen molar-refractivity contribution in [2.24, 2.45) is 0 Å². The minimum atomic E-state index is 0.658. The molecule has 114 valence electrons. The molecule has 2 aliphatic heterocycles. The zero-order valence-corrected chi connectivity index (χ0v) is 13.6. The molecule has 3 heteroatoms. The van der Waals surface area contributed by atoms with Crippen LogP contribution in [0, 0.1) is 0 Å². The van der Waals surface area contributed by atoms with Crippen molar-refractivity contribution in [1.82, 2.24) is 9.88 Å². The van der Waals surface area contributed by atoms with Crippen LogP contribution in [-0.2, 0) is 0 Å². The maximum absolute atomic E-state index is 4.07. The van der Waals surface area contributed by atoms with Crippen LogP contribution < -0.4 is 0 Å². The fraction of sp³-hybridized carbons (Fsp3) is 0.421. The molecule has 0 aliphatic carbocycles. The molecule has 1 unspecified atom stereocenters. The van der Waals surface area contributed by atoms with Gasteiger partial charge in [-0.05, 0) is 62.1 Å². The second-order valence-corrected chi connectivity index (χ2v) is 7.48. The first-order chi connectivity index (χ1) is 10.9. The van der Waals surface area contributed by atoms with Gasteiger partial charge in [0.1, 0.15) is 0 Å². The topological polar surface area (TPSA) is 16.1 Å². The summed E-state index contributed by atoms with van der Waals surface area (Å²) < 4.78 is 0. The van der Waals surface area contributed by atoms with Crippen molar-refractivity contribution < 1.29 is 0 Å². The van der Waals surface area contributed by atoms with E-state index in [2.05, 4.69) is 46.3 Å². The Bertz CT molecular complexity index is 611. The maximum Gasteiger partial charge on any atom is 0.0351 e. The van der Waals surface area contributed by atoms with Gasteiger partial charge < -0.3 is 0 Å². The van der Waals surface area contributed by atoms with Crippen LogP contribution in [0.5, 0.6) is 0 Å². The van der Waals surface area contributed by atoms with Crippen LogP contribution in [0.1, 0.15) is 43.7 Å². The Kier molecular flexibility index (Phi) is 4.17. The lowest BCUT2D eigenvalue weighted by molar-refractivity contribution is 0.150. The predicted molar refractivity (Wildman–Crippen MR) is 91.1 cm³/mol. The van der Waals surface area contributed by atoms with Crippen LogP contribution in [0.2, 0.25) is 0 Å². The van der Waals surface area contributed by atoms with E-state index < -0.39 is 0 Å². The summed E-state index contributed by atoms with van der Waals surface area (Å²) >= 11 is 1.81. The van der Waals surface area contributed by atoms with Crippen molar-refractivity contribution in [3.8, 4) is 0 Å². The zero-order valence-electron chi connectivity index (χ0n) is 12.8. The SMILES string of the molecule is c1cc(Sc2ccc([C@H]3CCC4CCCCN43)cc2)ccn1. The molecule has 0 amide bonds. The van der Waals surface area contributed by atoms with Crippen LogP contribution in [0.25, 0.3) is 0 Å². The average Bonchev–Trinajstić information content (AvgIpc) is 3.01. The highest BCUT2D eigenvalue weighted by molar-refractivity contribution is 7.99. The first-order valence-corrected chi connectivity index (χ1v) is 9.15. The van der Waals surface area contributed by atoms with Gasteiger partial charge in [0, 0.05) is 34.3 Å². The average molecular weight is 310 g/mol. The Morgan fingerprint density at radius 1 is 0.864 bits per heavy atom. The van der Waals surface area contributed by atoms with E-state index in [4.69, 9.17) is 0 Å². The van der Waals surface area contributed by atoms with E-state index in [-0.39, 0.29) is 0 Å². The van der Waals surface area contributed by atoms with Crippen molar-refractivity contribution in [3.05, 3.63) is 54.4 Å². The number of fused-ring (bicyclic) bond motifs is 1. The van der Waals surface area contributed by atoms with E-state index in [1.807, 2.05) is 24.2 Å². The van der Waals surface area contributed by atoms with Crippen LogP contribution in [0.15, 0.2) is 58.6 Å². The summed E-state index contributed by atoms with van der Waals surface area (Å²) in [5.41, 5.74) is 1.50. The first-order valence-electron chi connectivity index (χ1n) is 8.34. The van der Waals surface area contributed by atoms with Crippen LogP contribution in [0.3, 0.4) is 0 Å². The van der Waals surface area contributed by atoms with Crippen molar-refractivity contribution in [2.75, 3.05) is 6.54 Å². The summed E-state index contributed by atoms with van der Waals surface area (Å²) in [5.74, 6) is 0. The normalized spacial score (nSPS) is 25.1. The Labute approximate surface area is 136 Å². The van der Waals surface area contributed by atoms with Gasteiger partial charge in [-0.2, -0.15) is 0 Å². The summed E-state index contributed by atoms with van der Waals surface area (Å²) in [6, 6.07) is 14.9. The monoisotopic (exact) mass is 310 g/mol. The molecule has 4 rings (SSSR count). The molecule has 2 saturated heterocycles. The summed E-state index contributed by atoms with van der Waals surface area (Å²) in [4.78, 5) is 9.39. The third kappa shape index (κ3) is 2.92. The fourth-order valence-electron chi connectivity index (χ4n) is 3.92. The largest absolute Gasteiger partial charge is 0.293 e. The number of piperidine rings is 1. The van der Waals surface area contributed by atoms with Crippen molar-refractivity contribution in [2.45, 2.75) is 54.0 Å². The minimum Gasteiger partial charge on any atom is -0.293 e. The smallest absolute Gasteiger partial charge is 0.0351 e. The molecule has 22 heavy (non-hydrogen) atoms. The standard InChI is InChI=1S/C19H22N2S/c1-2-14-21-16(3-1)6-9-19(21)15-4-7-17(8-5-15)22-18-10-12-20-13-11-18/h4-5,7-8,10-13,16,19H,1-3,6,9,14H2/t16?,19-/m1/s1. The molecule has 2 fully saturated rings. The molecule has 0 saturated carbocycles. The number of benzene rings is 1. The van der Waals surface area contributed by atoms with Gasteiger partial charge in [-0.1, -0.05) is 30.3 Å². The summed E-state index contributed by atoms with van der Waals surface area (Å²) in [6.45, 7) is 1.29. The van der Waals surface area contributed by atoms with E-state index in [1.54, 1.807) is 0 Å². The van der Waals surface area contributed by atoms with Crippen LogP contribution in [-0.4, -0.2) is 22.5 Å². The van der Waals surface area contributed by atoms with E-state index >= 15 is 0 Å². The fourth-order valence-corrected chi connectivity index (χ4v) is 4.72. The molecule has 0 spiro atoms. The molecule has 2 nitrogen and oxygen atoms in total. The van der Waals surface area contributed by atoms with Gasteiger partial charge in [0.2, 0.25) is 0 Å². The van der Waals surface area contributed by atoms with Gasteiger partial charge in [-0.25, -0.2) is 0 Å². The Hall–Kier alpha value is -1.32. The summed E-state index contributed by atoms with van der Waals surface area (Å²) in [6.07, 6.45) is 10.6. The minimum absolute atomic E-state index is 0.658. The van der Waals surface area contributed by atoms with E-state index in [0.717, 1.165) is 6.04 Å². The molecule has 0 N–H and O–H groups in total. The molecule has 2 aromatic rings. The number of nitrogens with zero attached hydrogens (tertiary/aromatic N) is 2. The lowest BCUT2D eigenvalue weighted by Gasteiger charge is -2.34. The number of rotatable bonds is 3. The molecule has 2 atom stereocenters. The number of pyridine rings is 1. The Morgan fingerprint density at radius 3 is 2.45 bits per heavy atom. The van der Waals surface area contributed by atoms with Crippen molar-refractivity contribution in [1.29, 1.82) is 0 Å². The molecular formula is C19H22N2S. The Balaban J connectivity index is 1.48. The second-order valence-electron chi connectivity index (χ2n) is 6.33.